The SMILES string of the molecule is Cc1cc(Oc2c(F)cccc2F)ncc1-n1ncc(C(=O)c2cc3cc(F)c(N4C(=O)[C@@H]5C[C@@H](O)CN5C4=O)cc3[nH]2)c1N. The molecule has 15 heteroatoms. The number of rotatable bonds is 6. The molecule has 5 aromatic rings. The monoisotopic (exact) mass is 617 g/mol. The van der Waals surface area contributed by atoms with Crippen molar-refractivity contribution in [2.24, 2.45) is 0 Å². The Morgan fingerprint density at radius 3 is 2.53 bits per heavy atom. The first-order valence-electron chi connectivity index (χ1n) is 13.6. The summed E-state index contributed by atoms with van der Waals surface area (Å²) in [4.78, 5) is 48.2. The number of anilines is 2. The number of halogens is 3. The fourth-order valence-electron chi connectivity index (χ4n) is 5.64. The maximum Gasteiger partial charge on any atom is 0.332 e. The molecule has 2 atom stereocenters. The number of nitrogens with one attached hydrogen (secondary N) is 1. The summed E-state index contributed by atoms with van der Waals surface area (Å²) in [5, 5.41) is 14.3. The van der Waals surface area contributed by atoms with Gasteiger partial charge in [0.25, 0.3) is 5.91 Å². The summed E-state index contributed by atoms with van der Waals surface area (Å²) in [7, 11) is 0. The highest BCUT2D eigenvalue weighted by molar-refractivity contribution is 6.22. The van der Waals surface area contributed by atoms with Crippen LogP contribution in [-0.4, -0.2) is 66.2 Å². The lowest BCUT2D eigenvalue weighted by Crippen LogP contribution is -2.35. The maximum absolute atomic E-state index is 15.2. The normalized spacial score (nSPS) is 17.9. The number of aryl methyl sites for hydroxylation is 1. The van der Waals surface area contributed by atoms with Crippen molar-refractivity contribution in [3.63, 3.8) is 0 Å². The van der Waals surface area contributed by atoms with Gasteiger partial charge in [-0.15, -0.1) is 0 Å². The number of nitrogens with zero attached hydrogens (tertiary/aromatic N) is 5. The smallest absolute Gasteiger partial charge is 0.332 e. The lowest BCUT2D eigenvalue weighted by molar-refractivity contribution is -0.119. The van der Waals surface area contributed by atoms with E-state index >= 15 is 4.39 Å². The standard InChI is InChI=1S/C30H22F3N7O5/c1-13-5-25(45-27-17(31)3-2-4-18(27)32)35-11-24(13)40-28(34)16(10-36-40)26(42)21-7-14-6-19(33)22(9-20(14)37-21)39-29(43)23-8-15(41)12-38(23)30(39)44/h2-7,9-11,15,23,37,41H,8,12,34H2,1H3/t15-,23+/m1/s1. The van der Waals surface area contributed by atoms with Crippen molar-refractivity contribution in [3.05, 3.63) is 89.1 Å². The Bertz CT molecular complexity index is 2030. The summed E-state index contributed by atoms with van der Waals surface area (Å²) in [6.45, 7) is 1.64. The zero-order valence-electron chi connectivity index (χ0n) is 23.3. The van der Waals surface area contributed by atoms with Crippen LogP contribution in [-0.2, 0) is 4.79 Å². The number of urea groups is 1. The number of aliphatic hydroxyl groups excluding tert-OH is 1. The third-order valence-corrected chi connectivity index (χ3v) is 7.86. The molecule has 0 saturated carbocycles. The quantitative estimate of drug-likeness (QED) is 0.191. The van der Waals surface area contributed by atoms with E-state index in [0.29, 0.717) is 16.6 Å². The highest BCUT2D eigenvalue weighted by atomic mass is 19.1. The van der Waals surface area contributed by atoms with E-state index in [9.17, 15) is 28.3 Å². The zero-order valence-corrected chi connectivity index (χ0v) is 23.3. The lowest BCUT2D eigenvalue weighted by atomic mass is 10.1. The molecule has 7 rings (SSSR count). The Labute approximate surface area is 251 Å². The van der Waals surface area contributed by atoms with E-state index in [2.05, 4.69) is 15.1 Å². The fourth-order valence-corrected chi connectivity index (χ4v) is 5.64. The number of ether oxygens (including phenoxy) is 1. The summed E-state index contributed by atoms with van der Waals surface area (Å²) in [5.74, 6) is -4.57. The zero-order chi connectivity index (χ0) is 31.7. The van der Waals surface area contributed by atoms with E-state index in [4.69, 9.17) is 10.5 Å². The molecule has 4 N–H and O–H groups in total. The van der Waals surface area contributed by atoms with E-state index in [1.165, 1.54) is 46.2 Å². The number of hydrogen-bond acceptors (Lipinski definition) is 8. The molecule has 0 spiro atoms. The lowest BCUT2D eigenvalue weighted by Gasteiger charge is -2.17. The third-order valence-electron chi connectivity index (χ3n) is 7.86. The number of benzene rings is 2. The van der Waals surface area contributed by atoms with Gasteiger partial charge >= 0.3 is 6.03 Å². The molecule has 2 saturated heterocycles. The predicted octanol–water partition coefficient (Wildman–Crippen LogP) is 3.98. The molecule has 228 valence electrons. The third kappa shape index (κ3) is 4.47. The van der Waals surface area contributed by atoms with Crippen LogP contribution in [0.25, 0.3) is 16.6 Å². The highest BCUT2D eigenvalue weighted by Gasteiger charge is 2.51. The molecule has 45 heavy (non-hydrogen) atoms. The molecule has 2 fully saturated rings. The number of amides is 3. The molecule has 3 amide bonds. The van der Waals surface area contributed by atoms with Crippen LogP contribution in [0.4, 0.5) is 29.5 Å². The van der Waals surface area contributed by atoms with Gasteiger partial charge in [-0.1, -0.05) is 6.07 Å². The average molecular weight is 618 g/mol. The number of para-hydroxylation sites is 1. The number of imide groups is 1. The minimum absolute atomic E-state index is 0.0134. The number of H-pyrrole nitrogens is 1. The molecule has 0 aliphatic carbocycles. The number of aromatic nitrogens is 4. The van der Waals surface area contributed by atoms with Crippen LogP contribution >= 0.6 is 0 Å². The Hall–Kier alpha value is -5.70. The minimum atomic E-state index is -0.895. The molecule has 3 aromatic heterocycles. The van der Waals surface area contributed by atoms with Gasteiger partial charge in [0.15, 0.2) is 11.6 Å². The average Bonchev–Trinajstić information content (AvgIpc) is 3.74. The molecule has 2 aliphatic rings. The molecule has 5 heterocycles. The minimum Gasteiger partial charge on any atom is -0.433 e. The van der Waals surface area contributed by atoms with Crippen molar-refractivity contribution in [3.8, 4) is 17.3 Å². The van der Waals surface area contributed by atoms with Crippen LogP contribution in [0.3, 0.4) is 0 Å². The second-order valence-corrected chi connectivity index (χ2v) is 10.7. The first-order chi connectivity index (χ1) is 21.5. The maximum atomic E-state index is 15.2. The van der Waals surface area contributed by atoms with E-state index in [1.807, 2.05) is 0 Å². The van der Waals surface area contributed by atoms with Gasteiger partial charge in [0.2, 0.25) is 17.4 Å². The van der Waals surface area contributed by atoms with Crippen LogP contribution in [0.1, 0.15) is 28.0 Å². The van der Waals surface area contributed by atoms with Crippen LogP contribution in [0.2, 0.25) is 0 Å². The van der Waals surface area contributed by atoms with Gasteiger partial charge in [0.1, 0.15) is 17.7 Å². The van der Waals surface area contributed by atoms with Gasteiger partial charge in [0.05, 0.1) is 41.1 Å². The van der Waals surface area contributed by atoms with Crippen molar-refractivity contribution in [1.29, 1.82) is 0 Å². The topological polar surface area (TPSA) is 160 Å². The number of hydrogen-bond donors (Lipinski definition) is 3. The summed E-state index contributed by atoms with van der Waals surface area (Å²) in [6.07, 6.45) is 1.82. The van der Waals surface area contributed by atoms with Crippen molar-refractivity contribution < 1.29 is 37.4 Å². The number of aliphatic hydroxyl groups is 1. The summed E-state index contributed by atoms with van der Waals surface area (Å²) >= 11 is 0. The predicted molar refractivity (Wildman–Crippen MR) is 153 cm³/mol. The first kappa shape index (κ1) is 28.1. The number of carbonyl (C=O) groups excluding carboxylic acids is 3. The number of nitrogens with two attached hydrogens (primary N) is 1. The van der Waals surface area contributed by atoms with E-state index < -0.39 is 53.1 Å². The van der Waals surface area contributed by atoms with Crippen LogP contribution in [0.5, 0.6) is 11.6 Å². The number of fused-ring (bicyclic) bond motifs is 2. The van der Waals surface area contributed by atoms with Crippen molar-refractivity contribution in [2.45, 2.75) is 25.5 Å². The van der Waals surface area contributed by atoms with Crippen molar-refractivity contribution >= 4 is 40.1 Å². The van der Waals surface area contributed by atoms with Gasteiger partial charge < -0.3 is 25.5 Å². The van der Waals surface area contributed by atoms with Crippen molar-refractivity contribution in [2.75, 3.05) is 17.2 Å². The van der Waals surface area contributed by atoms with Crippen LogP contribution in [0, 0.1) is 24.4 Å². The highest BCUT2D eigenvalue weighted by Crippen LogP contribution is 2.35. The van der Waals surface area contributed by atoms with E-state index in [1.54, 1.807) is 6.92 Å². The fraction of sp³-hybridized carbons (Fsp3) is 0.167. The molecule has 12 nitrogen and oxygen atoms in total. The van der Waals surface area contributed by atoms with Gasteiger partial charge in [0, 0.05) is 29.9 Å². The largest absolute Gasteiger partial charge is 0.433 e. The summed E-state index contributed by atoms with van der Waals surface area (Å²) in [6, 6.07) is 6.93. The molecule has 0 unspecified atom stereocenters. The first-order valence-corrected chi connectivity index (χ1v) is 13.6. The Morgan fingerprint density at radius 1 is 1.07 bits per heavy atom. The van der Waals surface area contributed by atoms with Gasteiger partial charge in [-0.3, -0.25) is 9.59 Å². The summed E-state index contributed by atoms with van der Waals surface area (Å²) < 4.78 is 49.8. The number of aromatic amines is 1. The Kier molecular flexibility index (Phi) is 6.36. The van der Waals surface area contributed by atoms with Gasteiger partial charge in [-0.2, -0.15) is 5.10 Å². The Balaban J connectivity index is 1.15. The second-order valence-electron chi connectivity index (χ2n) is 10.7. The Morgan fingerprint density at radius 2 is 1.82 bits per heavy atom. The molecular weight excluding hydrogens is 595 g/mol. The number of nitrogen functional groups attached to an aromatic ring is 1. The summed E-state index contributed by atoms with van der Waals surface area (Å²) in [5.41, 5.74) is 7.24. The van der Waals surface area contributed by atoms with E-state index in [0.717, 1.165) is 23.1 Å². The molecular formula is C30H22F3N7O5. The number of pyridine rings is 1. The number of ketones is 1. The second kappa shape index (κ2) is 10.2. The van der Waals surface area contributed by atoms with Crippen molar-refractivity contribution in [1.82, 2.24) is 24.6 Å². The van der Waals surface area contributed by atoms with Gasteiger partial charge in [-0.05, 0) is 42.8 Å². The molecule has 0 radical (unpaired) electrons. The molecule has 2 aromatic carbocycles. The number of carbonyl (C=O) groups is 3. The van der Waals surface area contributed by atoms with Crippen LogP contribution < -0.4 is 15.4 Å². The molecule has 2 aliphatic heterocycles. The molecule has 0 bridgehead atoms. The van der Waals surface area contributed by atoms with Gasteiger partial charge in [-0.25, -0.2) is 32.5 Å². The van der Waals surface area contributed by atoms with E-state index in [-0.39, 0.29) is 47.1 Å². The van der Waals surface area contributed by atoms with Crippen LogP contribution in [0.15, 0.2) is 54.9 Å².